The van der Waals surface area contributed by atoms with Gasteiger partial charge in [0.2, 0.25) is 5.95 Å². The molecule has 0 aliphatic carbocycles. The van der Waals surface area contributed by atoms with Crippen molar-refractivity contribution < 1.29 is 0 Å². The van der Waals surface area contributed by atoms with E-state index in [9.17, 15) is 0 Å². The average molecular weight is 321 g/mol. The van der Waals surface area contributed by atoms with Gasteiger partial charge in [-0.25, -0.2) is 0 Å². The molecule has 0 amide bonds. The van der Waals surface area contributed by atoms with E-state index in [1.165, 1.54) is 24.0 Å². The van der Waals surface area contributed by atoms with Gasteiger partial charge in [-0.05, 0) is 56.9 Å². The normalized spacial score (nSPS) is 14.5. The van der Waals surface area contributed by atoms with Crippen molar-refractivity contribution in [2.75, 3.05) is 23.3 Å². The van der Waals surface area contributed by atoms with Gasteiger partial charge in [-0.1, -0.05) is 12.1 Å². The lowest BCUT2D eigenvalue weighted by Gasteiger charge is -2.17. The van der Waals surface area contributed by atoms with E-state index in [-0.39, 0.29) is 0 Å². The molecule has 124 valence electrons. The first kappa shape index (κ1) is 15.0. The molecule has 1 saturated heterocycles. The van der Waals surface area contributed by atoms with Gasteiger partial charge in [0.05, 0.1) is 5.39 Å². The molecule has 0 unspecified atom stereocenters. The van der Waals surface area contributed by atoms with Crippen LogP contribution in [-0.4, -0.2) is 28.0 Å². The maximum atomic E-state index is 4.85. The molecule has 0 atom stereocenters. The topological polar surface area (TPSA) is 56.8 Å². The number of benzene rings is 1. The third-order valence-corrected chi connectivity index (χ3v) is 4.86. The monoisotopic (exact) mass is 321 g/mol. The van der Waals surface area contributed by atoms with Crippen LogP contribution in [0.2, 0.25) is 0 Å². The number of anilines is 3. The summed E-state index contributed by atoms with van der Waals surface area (Å²) < 4.78 is 0. The Morgan fingerprint density at radius 2 is 1.88 bits per heavy atom. The Morgan fingerprint density at radius 3 is 2.67 bits per heavy atom. The Kier molecular flexibility index (Phi) is 3.63. The molecule has 0 bridgehead atoms. The van der Waals surface area contributed by atoms with Gasteiger partial charge in [0.15, 0.2) is 0 Å². The molecule has 1 aliphatic heterocycles. The minimum atomic E-state index is 0.814. The smallest absolute Gasteiger partial charge is 0.229 e. The van der Waals surface area contributed by atoms with Crippen LogP contribution in [0.4, 0.5) is 17.5 Å². The summed E-state index contributed by atoms with van der Waals surface area (Å²) in [5, 5.41) is 4.57. The van der Waals surface area contributed by atoms with Crippen molar-refractivity contribution in [3.05, 3.63) is 41.1 Å². The highest BCUT2D eigenvalue weighted by atomic mass is 15.3. The van der Waals surface area contributed by atoms with Crippen molar-refractivity contribution in [2.24, 2.45) is 0 Å². The Balaban J connectivity index is 1.81. The molecular weight excluding hydrogens is 298 g/mol. The second-order valence-corrected chi connectivity index (χ2v) is 6.65. The van der Waals surface area contributed by atoms with Crippen molar-refractivity contribution in [1.82, 2.24) is 15.0 Å². The zero-order valence-electron chi connectivity index (χ0n) is 14.5. The molecule has 4 rings (SSSR count). The fourth-order valence-electron chi connectivity index (χ4n) is 3.30. The molecule has 24 heavy (non-hydrogen) atoms. The average Bonchev–Trinajstić information content (AvgIpc) is 3.20. The number of nitrogens with zero attached hydrogens (tertiary/aromatic N) is 3. The zero-order chi connectivity index (χ0) is 16.7. The Hall–Kier alpha value is -2.56. The van der Waals surface area contributed by atoms with Crippen LogP contribution in [0.1, 0.15) is 29.7 Å². The maximum Gasteiger partial charge on any atom is 0.229 e. The molecule has 3 heterocycles. The van der Waals surface area contributed by atoms with E-state index in [1.54, 1.807) is 0 Å². The maximum absolute atomic E-state index is 4.85. The van der Waals surface area contributed by atoms with Gasteiger partial charge >= 0.3 is 0 Å². The highest BCUT2D eigenvalue weighted by Gasteiger charge is 2.18. The van der Waals surface area contributed by atoms with Crippen LogP contribution in [0.25, 0.3) is 11.0 Å². The van der Waals surface area contributed by atoms with E-state index in [0.29, 0.717) is 0 Å². The molecule has 2 N–H and O–H groups in total. The largest absolute Gasteiger partial charge is 0.343 e. The number of aromatic nitrogens is 3. The Bertz CT molecular complexity index is 890. The minimum Gasteiger partial charge on any atom is -0.343 e. The standard InChI is InChI=1S/C19H23N5/c1-12-7-6-8-16(14(12)3)21-18-15-11-13(2)20-17(15)22-19(23-18)24-9-4-5-10-24/h6-8,11H,4-5,9-10H2,1-3H3,(H2,20,21,22,23). The van der Waals surface area contributed by atoms with Crippen molar-refractivity contribution in [1.29, 1.82) is 0 Å². The molecule has 0 saturated carbocycles. The van der Waals surface area contributed by atoms with E-state index in [0.717, 1.165) is 47.3 Å². The first-order valence-corrected chi connectivity index (χ1v) is 8.57. The van der Waals surface area contributed by atoms with Gasteiger partial charge < -0.3 is 15.2 Å². The SMILES string of the molecule is Cc1cc2c(Nc3cccc(C)c3C)nc(N3CCCC3)nc2[nH]1. The number of hydrogen-bond donors (Lipinski definition) is 2. The molecular formula is C19H23N5. The summed E-state index contributed by atoms with van der Waals surface area (Å²) >= 11 is 0. The van der Waals surface area contributed by atoms with E-state index < -0.39 is 0 Å². The van der Waals surface area contributed by atoms with Gasteiger partial charge in [0.25, 0.3) is 0 Å². The summed E-state index contributed by atoms with van der Waals surface area (Å²) in [7, 11) is 0. The highest BCUT2D eigenvalue weighted by molar-refractivity contribution is 5.91. The van der Waals surface area contributed by atoms with E-state index >= 15 is 0 Å². The predicted molar refractivity (Wildman–Crippen MR) is 99.3 cm³/mol. The van der Waals surface area contributed by atoms with Crippen molar-refractivity contribution in [3.8, 4) is 0 Å². The summed E-state index contributed by atoms with van der Waals surface area (Å²) in [6.07, 6.45) is 2.43. The van der Waals surface area contributed by atoms with Crippen LogP contribution in [0, 0.1) is 20.8 Å². The van der Waals surface area contributed by atoms with Gasteiger partial charge in [0.1, 0.15) is 11.5 Å². The summed E-state index contributed by atoms with van der Waals surface area (Å²) in [6.45, 7) is 8.40. The van der Waals surface area contributed by atoms with Crippen LogP contribution in [0.3, 0.4) is 0 Å². The fourth-order valence-corrected chi connectivity index (χ4v) is 3.30. The van der Waals surface area contributed by atoms with Gasteiger partial charge in [-0.3, -0.25) is 0 Å². The van der Waals surface area contributed by atoms with Crippen LogP contribution in [0.15, 0.2) is 24.3 Å². The number of rotatable bonds is 3. The minimum absolute atomic E-state index is 0.814. The fraction of sp³-hybridized carbons (Fsp3) is 0.368. The summed E-state index contributed by atoms with van der Waals surface area (Å²) in [4.78, 5) is 15.2. The third-order valence-electron chi connectivity index (χ3n) is 4.86. The number of aromatic amines is 1. The van der Waals surface area contributed by atoms with Crippen molar-refractivity contribution >= 4 is 28.5 Å². The van der Waals surface area contributed by atoms with E-state index in [2.05, 4.69) is 60.2 Å². The number of aryl methyl sites for hydroxylation is 2. The van der Waals surface area contributed by atoms with Crippen LogP contribution < -0.4 is 10.2 Å². The highest BCUT2D eigenvalue weighted by Crippen LogP contribution is 2.30. The van der Waals surface area contributed by atoms with E-state index in [4.69, 9.17) is 9.97 Å². The molecule has 1 aliphatic rings. The molecule has 3 aromatic rings. The predicted octanol–water partition coefficient (Wildman–Crippen LogP) is 4.23. The van der Waals surface area contributed by atoms with Crippen LogP contribution >= 0.6 is 0 Å². The first-order valence-electron chi connectivity index (χ1n) is 8.57. The second kappa shape index (κ2) is 5.82. The van der Waals surface area contributed by atoms with Crippen molar-refractivity contribution in [3.63, 3.8) is 0 Å². The van der Waals surface area contributed by atoms with Crippen molar-refractivity contribution in [2.45, 2.75) is 33.6 Å². The summed E-state index contributed by atoms with van der Waals surface area (Å²) in [5.41, 5.74) is 5.62. The number of H-pyrrole nitrogens is 1. The van der Waals surface area contributed by atoms with Gasteiger partial charge in [-0.15, -0.1) is 0 Å². The van der Waals surface area contributed by atoms with Gasteiger partial charge in [0, 0.05) is 24.5 Å². The molecule has 1 fully saturated rings. The Labute approximate surface area is 142 Å². The molecule has 5 nitrogen and oxygen atoms in total. The molecule has 5 heteroatoms. The number of nitrogens with one attached hydrogen (secondary N) is 2. The first-order chi connectivity index (χ1) is 11.6. The number of hydrogen-bond acceptors (Lipinski definition) is 4. The lowest BCUT2D eigenvalue weighted by Crippen LogP contribution is -2.20. The molecule has 0 spiro atoms. The summed E-state index contributed by atoms with van der Waals surface area (Å²) in [6, 6.07) is 8.42. The van der Waals surface area contributed by atoms with Crippen LogP contribution in [0.5, 0.6) is 0 Å². The van der Waals surface area contributed by atoms with Crippen LogP contribution in [-0.2, 0) is 0 Å². The molecule has 0 radical (unpaired) electrons. The third kappa shape index (κ3) is 2.60. The summed E-state index contributed by atoms with van der Waals surface area (Å²) in [5.74, 6) is 1.69. The zero-order valence-corrected chi connectivity index (χ0v) is 14.5. The lowest BCUT2D eigenvalue weighted by atomic mass is 10.1. The quantitative estimate of drug-likeness (QED) is 0.758. The van der Waals surface area contributed by atoms with Gasteiger partial charge in [-0.2, -0.15) is 9.97 Å². The molecule has 1 aromatic carbocycles. The lowest BCUT2D eigenvalue weighted by molar-refractivity contribution is 0.906. The second-order valence-electron chi connectivity index (χ2n) is 6.65. The Morgan fingerprint density at radius 1 is 1.08 bits per heavy atom. The molecule has 2 aromatic heterocycles. The number of fused-ring (bicyclic) bond motifs is 1. The van der Waals surface area contributed by atoms with E-state index in [1.807, 2.05) is 0 Å².